The lowest BCUT2D eigenvalue weighted by atomic mass is 9.68. The van der Waals surface area contributed by atoms with Gasteiger partial charge in [0, 0.05) is 30.6 Å². The Kier molecular flexibility index (Phi) is 8.68. The Hall–Kier alpha value is -3.87. The number of aliphatic carboxylic acids is 1. The van der Waals surface area contributed by atoms with Crippen LogP contribution < -0.4 is 4.74 Å². The molecule has 2 heterocycles. The highest BCUT2D eigenvalue weighted by molar-refractivity contribution is 5.98. The number of rotatable bonds is 9. The van der Waals surface area contributed by atoms with E-state index in [-0.39, 0.29) is 17.9 Å². The Morgan fingerprint density at radius 2 is 1.70 bits per heavy atom. The quantitative estimate of drug-likeness (QED) is 0.302. The first-order valence-corrected chi connectivity index (χ1v) is 14.4. The van der Waals surface area contributed by atoms with Gasteiger partial charge < -0.3 is 19.2 Å². The number of likely N-dealkylation sites (tertiary alicyclic amines) is 1. The monoisotopic (exact) mass is 542 g/mol. The Bertz CT molecular complexity index is 1330. The molecule has 1 aromatic heterocycles. The van der Waals surface area contributed by atoms with Crippen LogP contribution in [-0.2, 0) is 16.0 Å². The molecule has 7 heteroatoms. The summed E-state index contributed by atoms with van der Waals surface area (Å²) >= 11 is 0. The van der Waals surface area contributed by atoms with Gasteiger partial charge in [-0.15, -0.1) is 0 Å². The van der Waals surface area contributed by atoms with Crippen molar-refractivity contribution in [3.63, 3.8) is 0 Å². The molecule has 0 unspecified atom stereocenters. The molecule has 1 saturated carbocycles. The van der Waals surface area contributed by atoms with E-state index in [4.69, 9.17) is 9.15 Å². The fourth-order valence-corrected chi connectivity index (χ4v) is 5.99. The van der Waals surface area contributed by atoms with Gasteiger partial charge in [0.2, 0.25) is 11.8 Å². The largest absolute Gasteiger partial charge is 0.493 e. The Labute approximate surface area is 235 Å². The summed E-state index contributed by atoms with van der Waals surface area (Å²) in [6.45, 7) is 3.81. The Morgan fingerprint density at radius 3 is 2.38 bits per heavy atom. The first-order chi connectivity index (χ1) is 19.4. The van der Waals surface area contributed by atoms with Crippen LogP contribution in [0.5, 0.6) is 5.75 Å². The van der Waals surface area contributed by atoms with Crippen LogP contribution >= 0.6 is 0 Å². The maximum Gasteiger partial charge on any atom is 0.332 e. The van der Waals surface area contributed by atoms with Crippen LogP contribution in [0, 0.1) is 12.3 Å². The van der Waals surface area contributed by atoms with Crippen molar-refractivity contribution in [2.45, 2.75) is 64.7 Å². The van der Waals surface area contributed by atoms with Crippen molar-refractivity contribution in [2.75, 3.05) is 19.7 Å². The molecule has 210 valence electrons. The van der Waals surface area contributed by atoms with Gasteiger partial charge in [-0.2, -0.15) is 0 Å². The van der Waals surface area contributed by atoms with Gasteiger partial charge in [0.1, 0.15) is 11.5 Å². The maximum absolute atomic E-state index is 13.0. The van der Waals surface area contributed by atoms with E-state index in [1.165, 1.54) is 32.1 Å². The van der Waals surface area contributed by atoms with Gasteiger partial charge >= 0.3 is 5.97 Å². The van der Waals surface area contributed by atoms with Crippen molar-refractivity contribution in [1.29, 1.82) is 0 Å². The van der Waals surface area contributed by atoms with Crippen LogP contribution in [0.1, 0.15) is 68.4 Å². The summed E-state index contributed by atoms with van der Waals surface area (Å²) < 4.78 is 11.7. The molecule has 5 rings (SSSR count). The van der Waals surface area contributed by atoms with Gasteiger partial charge in [0.25, 0.3) is 0 Å². The number of aromatic nitrogens is 1. The number of amides is 1. The Morgan fingerprint density at radius 1 is 1.00 bits per heavy atom. The molecule has 1 N–H and O–H groups in total. The second-order valence-electron chi connectivity index (χ2n) is 11.1. The molecule has 40 heavy (non-hydrogen) atoms. The summed E-state index contributed by atoms with van der Waals surface area (Å²) in [5.74, 6) is 0.895. The van der Waals surface area contributed by atoms with Crippen LogP contribution in [0.4, 0.5) is 0 Å². The third-order valence-electron chi connectivity index (χ3n) is 8.45. The average Bonchev–Trinajstić information content (AvgIpc) is 3.35. The standard InChI is InChI=1S/C33H38N2O5/c1-24-29(34-31(40-24)26-8-4-2-5-9-26)14-21-39-28-12-10-25(11-13-28)22-27(32(37)38)23-30(36)35-19-17-33(18-20-35)15-6-3-7-16-33/h2,4-5,8-13,22H,3,6-7,14-21,23H2,1H3,(H,37,38)/b27-22+. The van der Waals surface area contributed by atoms with E-state index >= 15 is 0 Å². The van der Waals surface area contributed by atoms with Crippen LogP contribution in [-0.4, -0.2) is 46.6 Å². The molecule has 0 radical (unpaired) electrons. The number of aryl methyl sites for hydroxylation is 1. The predicted molar refractivity (Wildman–Crippen MR) is 154 cm³/mol. The zero-order valence-electron chi connectivity index (χ0n) is 23.2. The number of carboxylic acids is 1. The molecule has 1 saturated heterocycles. The fourth-order valence-electron chi connectivity index (χ4n) is 5.99. The highest BCUT2D eigenvalue weighted by Gasteiger charge is 2.36. The lowest BCUT2D eigenvalue weighted by Gasteiger charge is -2.44. The second-order valence-corrected chi connectivity index (χ2v) is 11.1. The Balaban J connectivity index is 1.13. The molecule has 1 aliphatic heterocycles. The highest BCUT2D eigenvalue weighted by Crippen LogP contribution is 2.44. The zero-order valence-corrected chi connectivity index (χ0v) is 23.2. The molecule has 1 spiro atoms. The third-order valence-corrected chi connectivity index (χ3v) is 8.45. The van der Waals surface area contributed by atoms with Crippen LogP contribution in [0.15, 0.2) is 64.6 Å². The number of oxazole rings is 1. The number of carbonyl (C=O) groups excluding carboxylic acids is 1. The molecule has 2 aliphatic rings. The first-order valence-electron chi connectivity index (χ1n) is 14.4. The van der Waals surface area contributed by atoms with Crippen molar-refractivity contribution in [1.82, 2.24) is 9.88 Å². The van der Waals surface area contributed by atoms with Crippen molar-refractivity contribution in [3.05, 3.63) is 77.2 Å². The summed E-state index contributed by atoms with van der Waals surface area (Å²) in [6, 6.07) is 17.0. The molecule has 3 aromatic rings. The number of ether oxygens (including phenoxy) is 1. The minimum absolute atomic E-state index is 0.0946. The normalized spacial score (nSPS) is 17.1. The number of hydrogen-bond donors (Lipinski definition) is 1. The highest BCUT2D eigenvalue weighted by atomic mass is 16.5. The third kappa shape index (κ3) is 6.82. The van der Waals surface area contributed by atoms with Crippen LogP contribution in [0.2, 0.25) is 0 Å². The van der Waals surface area contributed by atoms with Crippen LogP contribution in [0.25, 0.3) is 17.5 Å². The fraction of sp³-hybridized carbons (Fsp3) is 0.424. The summed E-state index contributed by atoms with van der Waals surface area (Å²) in [5.41, 5.74) is 3.03. The lowest BCUT2D eigenvalue weighted by Crippen LogP contribution is -2.44. The molecule has 1 amide bonds. The first kappa shape index (κ1) is 27.7. The number of nitrogens with zero attached hydrogens (tertiary/aromatic N) is 2. The molecule has 0 atom stereocenters. The molecule has 1 aliphatic carbocycles. The smallest absolute Gasteiger partial charge is 0.332 e. The van der Waals surface area contributed by atoms with Crippen molar-refractivity contribution in [2.24, 2.45) is 5.41 Å². The summed E-state index contributed by atoms with van der Waals surface area (Å²) in [7, 11) is 0. The van der Waals surface area contributed by atoms with E-state index in [1.54, 1.807) is 6.08 Å². The van der Waals surface area contributed by atoms with Gasteiger partial charge in [-0.3, -0.25) is 4.79 Å². The number of carboxylic acid groups (broad SMARTS) is 1. The van der Waals surface area contributed by atoms with Gasteiger partial charge in [-0.1, -0.05) is 49.6 Å². The minimum Gasteiger partial charge on any atom is -0.493 e. The van der Waals surface area contributed by atoms with Gasteiger partial charge in [0.15, 0.2) is 0 Å². The maximum atomic E-state index is 13.0. The second kappa shape index (κ2) is 12.5. The van der Waals surface area contributed by atoms with E-state index in [1.807, 2.05) is 66.4 Å². The number of hydrogen-bond acceptors (Lipinski definition) is 5. The summed E-state index contributed by atoms with van der Waals surface area (Å²) in [6.07, 6.45) is 10.6. The lowest BCUT2D eigenvalue weighted by molar-refractivity contribution is -0.137. The predicted octanol–water partition coefficient (Wildman–Crippen LogP) is 6.70. The summed E-state index contributed by atoms with van der Waals surface area (Å²) in [5, 5.41) is 9.78. The van der Waals surface area contributed by atoms with Crippen molar-refractivity contribution >= 4 is 18.0 Å². The molecule has 2 fully saturated rings. The van der Waals surface area contributed by atoms with E-state index < -0.39 is 5.97 Å². The van der Waals surface area contributed by atoms with Gasteiger partial charge in [0.05, 0.1) is 18.7 Å². The van der Waals surface area contributed by atoms with E-state index in [0.717, 1.165) is 48.5 Å². The van der Waals surface area contributed by atoms with Gasteiger partial charge in [-0.05, 0) is 73.9 Å². The summed E-state index contributed by atoms with van der Waals surface area (Å²) in [4.78, 5) is 31.4. The topological polar surface area (TPSA) is 92.9 Å². The molecular weight excluding hydrogens is 504 g/mol. The minimum atomic E-state index is -1.06. The molecule has 7 nitrogen and oxygen atoms in total. The van der Waals surface area contributed by atoms with Gasteiger partial charge in [-0.25, -0.2) is 9.78 Å². The molecular formula is C33H38N2O5. The van der Waals surface area contributed by atoms with E-state index in [0.29, 0.717) is 30.1 Å². The number of piperidine rings is 1. The molecule has 2 aromatic carbocycles. The SMILES string of the molecule is Cc1oc(-c2ccccc2)nc1CCOc1ccc(/C=C(\CC(=O)N2CCC3(CCCCC3)CC2)C(=O)O)cc1. The van der Waals surface area contributed by atoms with Crippen molar-refractivity contribution < 1.29 is 23.8 Å². The zero-order chi connectivity index (χ0) is 28.0. The van der Waals surface area contributed by atoms with E-state index in [2.05, 4.69) is 4.98 Å². The molecule has 0 bridgehead atoms. The van der Waals surface area contributed by atoms with Crippen LogP contribution in [0.3, 0.4) is 0 Å². The average molecular weight is 543 g/mol. The van der Waals surface area contributed by atoms with E-state index in [9.17, 15) is 14.7 Å². The number of benzene rings is 2. The van der Waals surface area contributed by atoms with Crippen molar-refractivity contribution in [3.8, 4) is 17.2 Å². The number of carbonyl (C=O) groups is 2.